The second kappa shape index (κ2) is 9.70. The first kappa shape index (κ1) is 16.2. The summed E-state index contributed by atoms with van der Waals surface area (Å²) < 4.78 is 5.88. The highest BCUT2D eigenvalue weighted by Gasteiger charge is 2.08. The zero-order valence-electron chi connectivity index (χ0n) is 13.6. The van der Waals surface area contributed by atoms with Gasteiger partial charge in [-0.2, -0.15) is 0 Å². The minimum atomic E-state index is 0.855. The topological polar surface area (TPSA) is 21.3 Å². The highest BCUT2D eigenvalue weighted by Crippen LogP contribution is 2.26. The number of ether oxygens (including phenoxy) is 1. The summed E-state index contributed by atoms with van der Waals surface area (Å²) in [5.74, 6) is 1.02. The Labute approximate surface area is 130 Å². The van der Waals surface area contributed by atoms with E-state index in [4.69, 9.17) is 4.74 Å². The maximum absolute atomic E-state index is 5.88. The summed E-state index contributed by atoms with van der Waals surface area (Å²) >= 11 is 0. The van der Waals surface area contributed by atoms with Gasteiger partial charge in [0.2, 0.25) is 0 Å². The van der Waals surface area contributed by atoms with Gasteiger partial charge in [-0.05, 0) is 30.9 Å². The molecular formula is C19H31NO. The van der Waals surface area contributed by atoms with E-state index in [9.17, 15) is 0 Å². The molecule has 21 heavy (non-hydrogen) atoms. The Morgan fingerprint density at radius 2 is 1.76 bits per heavy atom. The van der Waals surface area contributed by atoms with Crippen molar-refractivity contribution in [2.75, 3.05) is 18.5 Å². The average Bonchev–Trinajstić information content (AvgIpc) is 2.53. The van der Waals surface area contributed by atoms with Gasteiger partial charge < -0.3 is 10.1 Å². The molecule has 118 valence electrons. The summed E-state index contributed by atoms with van der Waals surface area (Å²) in [5.41, 5.74) is 2.70. The van der Waals surface area contributed by atoms with E-state index in [2.05, 4.69) is 30.4 Å². The molecule has 0 spiro atoms. The van der Waals surface area contributed by atoms with Gasteiger partial charge in [-0.1, -0.05) is 57.9 Å². The summed E-state index contributed by atoms with van der Waals surface area (Å²) in [6.07, 6.45) is 13.2. The van der Waals surface area contributed by atoms with E-state index in [0.717, 1.165) is 18.9 Å². The first-order valence-corrected chi connectivity index (χ1v) is 8.90. The molecule has 0 amide bonds. The van der Waals surface area contributed by atoms with Gasteiger partial charge in [-0.15, -0.1) is 0 Å². The van der Waals surface area contributed by atoms with Crippen molar-refractivity contribution in [3.63, 3.8) is 0 Å². The van der Waals surface area contributed by atoms with Crippen LogP contribution in [0.15, 0.2) is 18.2 Å². The Morgan fingerprint density at radius 3 is 2.57 bits per heavy atom. The van der Waals surface area contributed by atoms with Gasteiger partial charge in [0.1, 0.15) is 5.75 Å². The lowest BCUT2D eigenvalue weighted by Crippen LogP contribution is -2.11. The van der Waals surface area contributed by atoms with Crippen molar-refractivity contribution in [1.82, 2.24) is 0 Å². The summed E-state index contributed by atoms with van der Waals surface area (Å²) in [5, 5.41) is 3.46. The third-order valence-electron chi connectivity index (χ3n) is 4.29. The largest absolute Gasteiger partial charge is 0.494 e. The second-order valence-electron chi connectivity index (χ2n) is 6.17. The number of benzene rings is 1. The van der Waals surface area contributed by atoms with Gasteiger partial charge in [0.15, 0.2) is 0 Å². The van der Waals surface area contributed by atoms with Crippen LogP contribution in [-0.4, -0.2) is 13.2 Å². The van der Waals surface area contributed by atoms with Crippen LogP contribution in [0.25, 0.3) is 0 Å². The highest BCUT2D eigenvalue weighted by molar-refractivity contribution is 5.56. The van der Waals surface area contributed by atoms with Gasteiger partial charge in [-0.25, -0.2) is 0 Å². The number of hydrogen-bond donors (Lipinski definition) is 1. The molecule has 1 heterocycles. The fourth-order valence-electron chi connectivity index (χ4n) is 2.96. The van der Waals surface area contributed by atoms with Crippen LogP contribution in [0.2, 0.25) is 0 Å². The van der Waals surface area contributed by atoms with Gasteiger partial charge >= 0.3 is 0 Å². The van der Waals surface area contributed by atoms with Crippen molar-refractivity contribution in [3.05, 3.63) is 23.8 Å². The van der Waals surface area contributed by atoms with Crippen molar-refractivity contribution in [1.29, 1.82) is 0 Å². The van der Waals surface area contributed by atoms with E-state index in [1.807, 2.05) is 0 Å². The van der Waals surface area contributed by atoms with E-state index in [-0.39, 0.29) is 0 Å². The van der Waals surface area contributed by atoms with Crippen molar-refractivity contribution >= 4 is 5.69 Å². The molecule has 2 nitrogen and oxygen atoms in total. The number of rotatable bonds is 10. The number of fused-ring (bicyclic) bond motifs is 1. The number of unbranched alkanes of at least 4 members (excludes halogenated alkanes) is 7. The van der Waals surface area contributed by atoms with Crippen LogP contribution in [0.5, 0.6) is 5.75 Å². The van der Waals surface area contributed by atoms with Gasteiger partial charge in [0.05, 0.1) is 6.61 Å². The predicted octanol–water partition coefficient (Wildman–Crippen LogP) is 5.56. The molecule has 2 heteroatoms. The molecule has 0 atom stereocenters. The Balaban J connectivity index is 1.54. The van der Waals surface area contributed by atoms with E-state index >= 15 is 0 Å². The molecule has 0 unspecified atom stereocenters. The van der Waals surface area contributed by atoms with E-state index < -0.39 is 0 Å². The monoisotopic (exact) mass is 289 g/mol. The first-order chi connectivity index (χ1) is 10.4. The van der Waals surface area contributed by atoms with E-state index in [1.54, 1.807) is 0 Å². The van der Waals surface area contributed by atoms with Crippen LogP contribution in [0.3, 0.4) is 0 Å². The maximum Gasteiger partial charge on any atom is 0.121 e. The predicted molar refractivity (Wildman–Crippen MR) is 91.4 cm³/mol. The molecule has 1 aromatic carbocycles. The minimum absolute atomic E-state index is 0.855. The number of nitrogens with one attached hydrogen (secondary N) is 1. The highest BCUT2D eigenvalue weighted by atomic mass is 16.5. The van der Waals surface area contributed by atoms with Gasteiger partial charge in [-0.3, -0.25) is 0 Å². The van der Waals surface area contributed by atoms with Crippen LogP contribution < -0.4 is 10.1 Å². The fourth-order valence-corrected chi connectivity index (χ4v) is 2.96. The van der Waals surface area contributed by atoms with Crippen LogP contribution in [0.1, 0.15) is 70.3 Å². The lowest BCUT2D eigenvalue weighted by Gasteiger charge is -2.18. The van der Waals surface area contributed by atoms with Crippen LogP contribution >= 0.6 is 0 Å². The molecule has 2 rings (SSSR count). The first-order valence-electron chi connectivity index (χ1n) is 8.90. The molecule has 1 aliphatic heterocycles. The lowest BCUT2D eigenvalue weighted by atomic mass is 10.0. The quantitative estimate of drug-likeness (QED) is 0.569. The van der Waals surface area contributed by atoms with Crippen LogP contribution in [0.4, 0.5) is 5.69 Å². The summed E-state index contributed by atoms with van der Waals surface area (Å²) in [6.45, 7) is 4.22. The van der Waals surface area contributed by atoms with Gasteiger partial charge in [0, 0.05) is 18.3 Å². The number of anilines is 1. The molecule has 0 bridgehead atoms. The van der Waals surface area contributed by atoms with Crippen LogP contribution in [-0.2, 0) is 6.42 Å². The third kappa shape index (κ3) is 5.99. The molecule has 1 N–H and O–H groups in total. The lowest BCUT2D eigenvalue weighted by molar-refractivity contribution is 0.304. The molecule has 1 aliphatic rings. The van der Waals surface area contributed by atoms with Crippen molar-refractivity contribution in [3.8, 4) is 5.75 Å². The number of hydrogen-bond acceptors (Lipinski definition) is 2. The Kier molecular flexibility index (Phi) is 7.48. The third-order valence-corrected chi connectivity index (χ3v) is 4.29. The van der Waals surface area contributed by atoms with Crippen molar-refractivity contribution in [2.45, 2.75) is 71.1 Å². The Bertz CT molecular complexity index is 403. The minimum Gasteiger partial charge on any atom is -0.494 e. The summed E-state index contributed by atoms with van der Waals surface area (Å²) in [7, 11) is 0. The van der Waals surface area contributed by atoms with Crippen molar-refractivity contribution < 1.29 is 4.74 Å². The zero-order valence-corrected chi connectivity index (χ0v) is 13.6. The standard InChI is InChI=1S/C19H31NO/c1-2-3-4-5-6-7-8-9-15-21-18-13-12-17-11-10-14-20-19(17)16-18/h12-13,16,20H,2-11,14-15H2,1H3. The van der Waals surface area contributed by atoms with Crippen molar-refractivity contribution in [2.24, 2.45) is 0 Å². The SMILES string of the molecule is CCCCCCCCCCOc1ccc2c(c1)NCCC2. The zero-order chi connectivity index (χ0) is 14.8. The molecule has 0 aromatic heterocycles. The van der Waals surface area contributed by atoms with Crippen LogP contribution in [0, 0.1) is 0 Å². The second-order valence-corrected chi connectivity index (χ2v) is 6.17. The number of aryl methyl sites for hydroxylation is 1. The smallest absolute Gasteiger partial charge is 0.121 e. The molecule has 0 saturated carbocycles. The Morgan fingerprint density at radius 1 is 1.00 bits per heavy atom. The Hall–Kier alpha value is -1.18. The van der Waals surface area contributed by atoms with E-state index in [0.29, 0.717) is 0 Å². The molecule has 0 aliphatic carbocycles. The molecule has 0 fully saturated rings. The maximum atomic E-state index is 5.88. The summed E-state index contributed by atoms with van der Waals surface area (Å²) in [6, 6.07) is 6.50. The normalized spacial score (nSPS) is 13.6. The van der Waals surface area contributed by atoms with Gasteiger partial charge in [0.25, 0.3) is 0 Å². The average molecular weight is 289 g/mol. The molecule has 0 saturated heterocycles. The summed E-state index contributed by atoms with van der Waals surface area (Å²) in [4.78, 5) is 0. The fraction of sp³-hybridized carbons (Fsp3) is 0.684. The van der Waals surface area contributed by atoms with E-state index in [1.165, 1.54) is 75.5 Å². The molecule has 0 radical (unpaired) electrons. The molecular weight excluding hydrogens is 258 g/mol. The molecule has 1 aromatic rings.